The SMILES string of the molecule is Cl.N[C@@H]1CCC[C@H]1CC(=O)NC(c1ccc(F)cc1)C1CCC1. The van der Waals surface area contributed by atoms with Gasteiger partial charge in [0, 0.05) is 12.5 Å². The second-order valence-electron chi connectivity index (χ2n) is 6.85. The number of hydrogen-bond acceptors (Lipinski definition) is 2. The molecule has 23 heavy (non-hydrogen) atoms. The lowest BCUT2D eigenvalue weighted by Gasteiger charge is -2.35. The average Bonchev–Trinajstić information content (AvgIpc) is 2.82. The zero-order chi connectivity index (χ0) is 15.5. The van der Waals surface area contributed by atoms with Gasteiger partial charge in [0.1, 0.15) is 5.82 Å². The van der Waals surface area contributed by atoms with Crippen LogP contribution in [0.4, 0.5) is 4.39 Å². The summed E-state index contributed by atoms with van der Waals surface area (Å²) >= 11 is 0. The van der Waals surface area contributed by atoms with Crippen LogP contribution >= 0.6 is 12.4 Å². The first kappa shape index (κ1) is 18.2. The van der Waals surface area contributed by atoms with Crippen molar-refractivity contribution in [1.29, 1.82) is 0 Å². The van der Waals surface area contributed by atoms with Crippen molar-refractivity contribution in [2.24, 2.45) is 17.6 Å². The second-order valence-corrected chi connectivity index (χ2v) is 6.85. The molecule has 3 atom stereocenters. The lowest BCUT2D eigenvalue weighted by Crippen LogP contribution is -2.38. The van der Waals surface area contributed by atoms with Crippen LogP contribution in [0.15, 0.2) is 24.3 Å². The molecule has 2 aliphatic carbocycles. The third kappa shape index (κ3) is 4.45. The molecule has 0 heterocycles. The second kappa shape index (κ2) is 8.11. The van der Waals surface area contributed by atoms with Gasteiger partial charge in [0.2, 0.25) is 5.91 Å². The van der Waals surface area contributed by atoms with Crippen molar-refractivity contribution in [1.82, 2.24) is 5.32 Å². The standard InChI is InChI=1S/C18H25FN2O.ClH/c19-15-9-7-13(8-10-15)18(12-3-1-4-12)21-17(22)11-14-5-2-6-16(14)20;/h7-10,12,14,16,18H,1-6,11,20H2,(H,21,22);1H/t14-,16+,18?;/m0./s1. The molecule has 0 bridgehead atoms. The molecule has 1 amide bonds. The summed E-state index contributed by atoms with van der Waals surface area (Å²) in [5, 5.41) is 3.19. The van der Waals surface area contributed by atoms with Gasteiger partial charge >= 0.3 is 0 Å². The molecule has 0 aliphatic heterocycles. The molecule has 2 saturated carbocycles. The first-order valence-electron chi connectivity index (χ1n) is 8.44. The highest BCUT2D eigenvalue weighted by Crippen LogP contribution is 2.38. The molecule has 3 nitrogen and oxygen atoms in total. The minimum absolute atomic E-state index is 0. The van der Waals surface area contributed by atoms with Gasteiger partial charge in [-0.3, -0.25) is 4.79 Å². The molecule has 3 rings (SSSR count). The van der Waals surface area contributed by atoms with E-state index in [0.29, 0.717) is 18.3 Å². The molecule has 128 valence electrons. The topological polar surface area (TPSA) is 55.1 Å². The van der Waals surface area contributed by atoms with Gasteiger partial charge in [0.25, 0.3) is 0 Å². The van der Waals surface area contributed by atoms with Crippen LogP contribution in [0.3, 0.4) is 0 Å². The van der Waals surface area contributed by atoms with Gasteiger partial charge < -0.3 is 11.1 Å². The monoisotopic (exact) mass is 340 g/mol. The maximum Gasteiger partial charge on any atom is 0.220 e. The van der Waals surface area contributed by atoms with Crippen molar-refractivity contribution in [3.63, 3.8) is 0 Å². The van der Waals surface area contributed by atoms with Gasteiger partial charge in [0.05, 0.1) is 6.04 Å². The van der Waals surface area contributed by atoms with E-state index >= 15 is 0 Å². The number of rotatable bonds is 5. The largest absolute Gasteiger partial charge is 0.349 e. The summed E-state index contributed by atoms with van der Waals surface area (Å²) in [4.78, 5) is 12.4. The normalized spacial score (nSPS) is 25.3. The van der Waals surface area contributed by atoms with E-state index in [1.54, 1.807) is 12.1 Å². The van der Waals surface area contributed by atoms with E-state index in [0.717, 1.165) is 37.7 Å². The molecule has 1 unspecified atom stereocenters. The number of hydrogen-bond donors (Lipinski definition) is 2. The number of carbonyl (C=O) groups is 1. The van der Waals surface area contributed by atoms with Crippen LogP contribution in [0, 0.1) is 17.7 Å². The Balaban J connectivity index is 0.00000192. The Kier molecular flexibility index (Phi) is 6.42. The van der Waals surface area contributed by atoms with E-state index in [1.165, 1.54) is 18.6 Å². The van der Waals surface area contributed by atoms with E-state index in [1.807, 2.05) is 0 Å². The molecule has 0 aromatic heterocycles. The van der Waals surface area contributed by atoms with Gasteiger partial charge in [-0.05, 0) is 55.2 Å². The number of nitrogens with two attached hydrogens (primary N) is 1. The molecule has 0 saturated heterocycles. The average molecular weight is 341 g/mol. The van der Waals surface area contributed by atoms with Crippen LogP contribution in [0.5, 0.6) is 0 Å². The fourth-order valence-corrected chi connectivity index (χ4v) is 3.71. The van der Waals surface area contributed by atoms with Gasteiger partial charge in [-0.25, -0.2) is 4.39 Å². The number of amides is 1. The maximum atomic E-state index is 13.1. The predicted molar refractivity (Wildman–Crippen MR) is 91.8 cm³/mol. The Labute approximate surface area is 143 Å². The van der Waals surface area contributed by atoms with Crippen LogP contribution in [0.2, 0.25) is 0 Å². The first-order chi connectivity index (χ1) is 10.6. The van der Waals surface area contributed by atoms with Gasteiger partial charge in [0.15, 0.2) is 0 Å². The van der Waals surface area contributed by atoms with Crippen LogP contribution in [0.25, 0.3) is 0 Å². The maximum absolute atomic E-state index is 13.1. The molecule has 0 spiro atoms. The van der Waals surface area contributed by atoms with E-state index in [2.05, 4.69) is 5.32 Å². The van der Waals surface area contributed by atoms with Gasteiger partial charge in [-0.1, -0.05) is 25.0 Å². The van der Waals surface area contributed by atoms with E-state index in [-0.39, 0.29) is 36.2 Å². The zero-order valence-electron chi connectivity index (χ0n) is 13.3. The quantitative estimate of drug-likeness (QED) is 0.858. The smallest absolute Gasteiger partial charge is 0.220 e. The summed E-state index contributed by atoms with van der Waals surface area (Å²) in [5.41, 5.74) is 7.07. The predicted octanol–water partition coefficient (Wildman–Crippen LogP) is 3.72. The summed E-state index contributed by atoms with van der Waals surface area (Å²) in [5.74, 6) is 0.643. The summed E-state index contributed by atoms with van der Waals surface area (Å²) in [6.45, 7) is 0. The van der Waals surface area contributed by atoms with Crippen molar-refractivity contribution in [3.8, 4) is 0 Å². The van der Waals surface area contributed by atoms with E-state index in [9.17, 15) is 9.18 Å². The van der Waals surface area contributed by atoms with Gasteiger partial charge in [-0.2, -0.15) is 0 Å². The summed E-state index contributed by atoms with van der Waals surface area (Å²) in [6.07, 6.45) is 7.21. The van der Waals surface area contributed by atoms with Crippen LogP contribution in [-0.2, 0) is 4.79 Å². The van der Waals surface area contributed by atoms with Crippen molar-refractivity contribution in [2.75, 3.05) is 0 Å². The highest BCUT2D eigenvalue weighted by molar-refractivity contribution is 5.85. The van der Waals surface area contributed by atoms with Gasteiger partial charge in [-0.15, -0.1) is 12.4 Å². The summed E-state index contributed by atoms with van der Waals surface area (Å²) < 4.78 is 13.1. The van der Waals surface area contributed by atoms with Crippen molar-refractivity contribution < 1.29 is 9.18 Å². The fraction of sp³-hybridized carbons (Fsp3) is 0.611. The molecule has 5 heteroatoms. The number of carbonyl (C=O) groups excluding carboxylic acids is 1. The number of benzene rings is 1. The Bertz CT molecular complexity index is 518. The molecule has 1 aromatic rings. The molecular weight excluding hydrogens is 315 g/mol. The summed E-state index contributed by atoms with van der Waals surface area (Å²) in [7, 11) is 0. The first-order valence-corrected chi connectivity index (χ1v) is 8.44. The fourth-order valence-electron chi connectivity index (χ4n) is 3.71. The Morgan fingerprint density at radius 3 is 2.35 bits per heavy atom. The molecule has 2 aliphatic rings. The Hall–Kier alpha value is -1.13. The molecule has 2 fully saturated rings. The third-order valence-electron chi connectivity index (χ3n) is 5.33. The van der Waals surface area contributed by atoms with Crippen molar-refractivity contribution >= 4 is 18.3 Å². The summed E-state index contributed by atoms with van der Waals surface area (Å²) in [6, 6.07) is 6.71. The number of halogens is 2. The molecule has 1 aromatic carbocycles. The minimum atomic E-state index is -0.237. The molecule has 3 N–H and O–H groups in total. The Morgan fingerprint density at radius 2 is 1.83 bits per heavy atom. The van der Waals surface area contributed by atoms with E-state index < -0.39 is 0 Å². The van der Waals surface area contributed by atoms with Crippen molar-refractivity contribution in [2.45, 2.75) is 57.0 Å². The van der Waals surface area contributed by atoms with Crippen LogP contribution in [-0.4, -0.2) is 11.9 Å². The minimum Gasteiger partial charge on any atom is -0.349 e. The molecular formula is C18H26ClFN2O. The van der Waals surface area contributed by atoms with Crippen molar-refractivity contribution in [3.05, 3.63) is 35.6 Å². The highest BCUT2D eigenvalue weighted by atomic mass is 35.5. The van der Waals surface area contributed by atoms with Crippen LogP contribution < -0.4 is 11.1 Å². The molecule has 0 radical (unpaired) electrons. The highest BCUT2D eigenvalue weighted by Gasteiger charge is 2.31. The zero-order valence-corrected chi connectivity index (χ0v) is 14.2. The third-order valence-corrected chi connectivity index (χ3v) is 5.33. The van der Waals surface area contributed by atoms with Crippen LogP contribution in [0.1, 0.15) is 56.6 Å². The lowest BCUT2D eigenvalue weighted by atomic mass is 9.77. The lowest BCUT2D eigenvalue weighted by molar-refractivity contribution is -0.123. The Morgan fingerprint density at radius 1 is 1.17 bits per heavy atom. The number of nitrogens with one attached hydrogen (secondary N) is 1. The van der Waals surface area contributed by atoms with E-state index in [4.69, 9.17) is 5.73 Å².